The van der Waals surface area contributed by atoms with Crippen LogP contribution in [-0.2, 0) is 7.05 Å². The van der Waals surface area contributed by atoms with Crippen molar-refractivity contribution in [1.82, 2.24) is 9.78 Å². The van der Waals surface area contributed by atoms with Crippen LogP contribution in [0.1, 0.15) is 35.8 Å². The summed E-state index contributed by atoms with van der Waals surface area (Å²) in [5.41, 5.74) is 4.74. The number of methoxy groups -OCH3 is 1. The third-order valence-corrected chi connectivity index (χ3v) is 4.38. The van der Waals surface area contributed by atoms with Gasteiger partial charge in [0.25, 0.3) is 0 Å². The molecule has 1 aliphatic rings. The molecule has 21 heavy (non-hydrogen) atoms. The highest BCUT2D eigenvalue weighted by atomic mass is 16.5. The van der Waals surface area contributed by atoms with E-state index in [1.165, 1.54) is 29.8 Å². The Morgan fingerprint density at radius 1 is 1.24 bits per heavy atom. The third kappa shape index (κ3) is 2.75. The lowest BCUT2D eigenvalue weighted by molar-refractivity contribution is 0.414. The van der Waals surface area contributed by atoms with Gasteiger partial charge >= 0.3 is 0 Å². The second-order valence-corrected chi connectivity index (χ2v) is 5.90. The maximum atomic E-state index is 5.25. The quantitative estimate of drug-likeness (QED) is 0.912. The van der Waals surface area contributed by atoms with Crippen molar-refractivity contribution in [3.8, 4) is 5.75 Å². The van der Waals surface area contributed by atoms with E-state index in [4.69, 9.17) is 4.74 Å². The summed E-state index contributed by atoms with van der Waals surface area (Å²) in [6.07, 6.45) is 2.59. The first-order valence-corrected chi connectivity index (χ1v) is 7.51. The van der Waals surface area contributed by atoms with E-state index in [0.717, 1.165) is 17.4 Å². The van der Waals surface area contributed by atoms with Crippen molar-refractivity contribution < 1.29 is 4.74 Å². The summed E-state index contributed by atoms with van der Waals surface area (Å²) in [6.45, 7) is 4.17. The van der Waals surface area contributed by atoms with E-state index in [9.17, 15) is 0 Å². The van der Waals surface area contributed by atoms with Gasteiger partial charge in [-0.15, -0.1) is 0 Å². The summed E-state index contributed by atoms with van der Waals surface area (Å²) in [4.78, 5) is 0. The van der Waals surface area contributed by atoms with Crippen LogP contribution in [0.25, 0.3) is 0 Å². The van der Waals surface area contributed by atoms with Crippen molar-refractivity contribution in [3.63, 3.8) is 0 Å². The average Bonchev–Trinajstić information content (AvgIpc) is 3.29. The van der Waals surface area contributed by atoms with Gasteiger partial charge in [-0.2, -0.15) is 5.10 Å². The van der Waals surface area contributed by atoms with E-state index < -0.39 is 0 Å². The lowest BCUT2D eigenvalue weighted by Crippen LogP contribution is -2.14. The van der Waals surface area contributed by atoms with Gasteiger partial charge in [-0.05, 0) is 50.3 Å². The van der Waals surface area contributed by atoms with E-state index in [0.29, 0.717) is 6.04 Å². The van der Waals surface area contributed by atoms with Gasteiger partial charge in [0.1, 0.15) is 5.75 Å². The van der Waals surface area contributed by atoms with E-state index in [1.807, 2.05) is 23.9 Å². The minimum Gasteiger partial charge on any atom is -0.497 e. The number of hydrogen-bond acceptors (Lipinski definition) is 3. The summed E-state index contributed by atoms with van der Waals surface area (Å²) in [7, 11) is 3.70. The minimum atomic E-state index is 0.359. The molecule has 1 unspecified atom stereocenters. The number of anilines is 1. The zero-order chi connectivity index (χ0) is 15.0. The summed E-state index contributed by atoms with van der Waals surface area (Å²) >= 11 is 0. The first-order chi connectivity index (χ1) is 10.1. The number of nitrogens with one attached hydrogen (secondary N) is 1. The molecule has 0 amide bonds. The monoisotopic (exact) mass is 285 g/mol. The molecule has 4 heteroatoms. The predicted molar refractivity (Wildman–Crippen MR) is 84.8 cm³/mol. The number of rotatable bonds is 5. The number of hydrogen-bond donors (Lipinski definition) is 1. The van der Waals surface area contributed by atoms with E-state index in [-0.39, 0.29) is 0 Å². The first-order valence-electron chi connectivity index (χ1n) is 7.51. The van der Waals surface area contributed by atoms with E-state index in [2.05, 4.69) is 36.4 Å². The van der Waals surface area contributed by atoms with Crippen LogP contribution in [0, 0.1) is 19.8 Å². The Hall–Kier alpha value is -1.97. The molecule has 4 nitrogen and oxygen atoms in total. The van der Waals surface area contributed by atoms with E-state index in [1.54, 1.807) is 7.11 Å². The Kier molecular flexibility index (Phi) is 3.62. The summed E-state index contributed by atoms with van der Waals surface area (Å²) in [5.74, 6) is 1.62. The van der Waals surface area contributed by atoms with Crippen LogP contribution < -0.4 is 10.1 Å². The van der Waals surface area contributed by atoms with Gasteiger partial charge in [0.2, 0.25) is 0 Å². The number of aryl methyl sites for hydroxylation is 2. The van der Waals surface area contributed by atoms with Gasteiger partial charge in [-0.25, -0.2) is 0 Å². The second kappa shape index (κ2) is 5.43. The smallest absolute Gasteiger partial charge is 0.118 e. The molecule has 112 valence electrons. The molecule has 1 aliphatic carbocycles. The highest BCUT2D eigenvalue weighted by Gasteiger charge is 2.33. The summed E-state index contributed by atoms with van der Waals surface area (Å²) in [5, 5.41) is 8.23. The van der Waals surface area contributed by atoms with Gasteiger partial charge in [0, 0.05) is 7.05 Å². The first kappa shape index (κ1) is 14.0. The Labute approximate surface area is 126 Å². The Bertz CT molecular complexity index is 626. The molecule has 3 rings (SSSR count). The van der Waals surface area contributed by atoms with Crippen molar-refractivity contribution in [2.24, 2.45) is 13.0 Å². The lowest BCUT2D eigenvalue weighted by atomic mass is 10.0. The van der Waals surface area contributed by atoms with Crippen LogP contribution in [-0.4, -0.2) is 16.9 Å². The van der Waals surface area contributed by atoms with Crippen molar-refractivity contribution in [3.05, 3.63) is 41.2 Å². The standard InChI is InChI=1S/C17H23N3O/c1-11-16(12(2)20(3)19-11)18-17(13-5-6-13)14-7-9-15(21-4)10-8-14/h7-10,13,17-18H,5-6H2,1-4H3. The maximum Gasteiger partial charge on any atom is 0.118 e. The number of aromatic nitrogens is 2. The van der Waals surface area contributed by atoms with Crippen LogP contribution in [0.3, 0.4) is 0 Å². The molecular formula is C17H23N3O. The fourth-order valence-electron chi connectivity index (χ4n) is 2.85. The van der Waals surface area contributed by atoms with Gasteiger partial charge in [-0.1, -0.05) is 12.1 Å². The topological polar surface area (TPSA) is 39.1 Å². The van der Waals surface area contributed by atoms with Crippen LogP contribution in [0.5, 0.6) is 5.75 Å². The molecule has 0 radical (unpaired) electrons. The predicted octanol–water partition coefficient (Wildman–Crippen LogP) is 3.61. The largest absolute Gasteiger partial charge is 0.497 e. The van der Waals surface area contributed by atoms with Crippen molar-refractivity contribution >= 4 is 5.69 Å². The van der Waals surface area contributed by atoms with Crippen LogP contribution >= 0.6 is 0 Å². The minimum absolute atomic E-state index is 0.359. The van der Waals surface area contributed by atoms with Gasteiger partial charge in [0.05, 0.1) is 30.2 Å². The van der Waals surface area contributed by atoms with Gasteiger partial charge in [-0.3, -0.25) is 4.68 Å². The Morgan fingerprint density at radius 3 is 2.38 bits per heavy atom. The number of benzene rings is 1. The van der Waals surface area contributed by atoms with Crippen molar-refractivity contribution in [1.29, 1.82) is 0 Å². The summed E-state index contributed by atoms with van der Waals surface area (Å²) in [6, 6.07) is 8.76. The van der Waals surface area contributed by atoms with Crippen molar-refractivity contribution in [2.45, 2.75) is 32.7 Å². The maximum absolute atomic E-state index is 5.25. The normalized spacial score (nSPS) is 15.8. The third-order valence-electron chi connectivity index (χ3n) is 4.38. The molecule has 2 aromatic rings. The molecule has 1 aromatic heterocycles. The molecule has 1 heterocycles. The van der Waals surface area contributed by atoms with E-state index >= 15 is 0 Å². The van der Waals surface area contributed by atoms with Crippen molar-refractivity contribution in [2.75, 3.05) is 12.4 Å². The zero-order valence-corrected chi connectivity index (χ0v) is 13.2. The molecule has 1 N–H and O–H groups in total. The van der Waals surface area contributed by atoms with Crippen LogP contribution in [0.15, 0.2) is 24.3 Å². The van der Waals surface area contributed by atoms with Gasteiger partial charge in [0.15, 0.2) is 0 Å². The molecule has 1 saturated carbocycles. The highest BCUT2D eigenvalue weighted by Crippen LogP contribution is 2.43. The number of nitrogens with zero attached hydrogens (tertiary/aromatic N) is 2. The fraction of sp³-hybridized carbons (Fsp3) is 0.471. The van der Waals surface area contributed by atoms with Crippen LogP contribution in [0.2, 0.25) is 0 Å². The highest BCUT2D eigenvalue weighted by molar-refractivity contribution is 5.54. The van der Waals surface area contributed by atoms with Gasteiger partial charge < -0.3 is 10.1 Å². The molecule has 0 aliphatic heterocycles. The lowest BCUT2D eigenvalue weighted by Gasteiger charge is -2.20. The molecular weight excluding hydrogens is 262 g/mol. The molecule has 1 fully saturated rings. The fourth-order valence-corrected chi connectivity index (χ4v) is 2.85. The second-order valence-electron chi connectivity index (χ2n) is 5.90. The molecule has 0 saturated heterocycles. The van der Waals surface area contributed by atoms with Crippen LogP contribution in [0.4, 0.5) is 5.69 Å². The number of ether oxygens (including phenoxy) is 1. The zero-order valence-electron chi connectivity index (χ0n) is 13.2. The SMILES string of the molecule is COc1ccc(C(Nc2c(C)nn(C)c2C)C2CC2)cc1. The molecule has 0 bridgehead atoms. The summed E-state index contributed by atoms with van der Waals surface area (Å²) < 4.78 is 7.19. The average molecular weight is 285 g/mol. The molecule has 0 spiro atoms. The Balaban J connectivity index is 1.87. The molecule has 1 aromatic carbocycles. The molecule has 1 atom stereocenters. The Morgan fingerprint density at radius 2 is 1.90 bits per heavy atom.